The number of ether oxygens (including phenoxy) is 1. The summed E-state index contributed by atoms with van der Waals surface area (Å²) in [6.45, 7) is 5.29. The summed E-state index contributed by atoms with van der Waals surface area (Å²) in [6, 6.07) is 0. The first kappa shape index (κ1) is 17.7. The van der Waals surface area contributed by atoms with E-state index in [1.807, 2.05) is 0 Å². The van der Waals surface area contributed by atoms with E-state index in [0.29, 0.717) is 39.3 Å². The van der Waals surface area contributed by atoms with E-state index in [0.717, 1.165) is 12.8 Å². The SMILES string of the molecule is CC(O)CN1CCN(C(=O)CS(=O)(=O)CC2CCCO2)CC1. The summed E-state index contributed by atoms with van der Waals surface area (Å²) in [6.07, 6.45) is 1.000. The number of aliphatic hydroxyl groups excluding tert-OH is 1. The van der Waals surface area contributed by atoms with Crippen LogP contribution >= 0.6 is 0 Å². The summed E-state index contributed by atoms with van der Waals surface area (Å²) in [5, 5.41) is 9.35. The van der Waals surface area contributed by atoms with Gasteiger partial charge in [-0.1, -0.05) is 0 Å². The highest BCUT2D eigenvalue weighted by molar-refractivity contribution is 7.92. The van der Waals surface area contributed by atoms with Crippen molar-refractivity contribution in [3.63, 3.8) is 0 Å². The van der Waals surface area contributed by atoms with E-state index in [2.05, 4.69) is 4.90 Å². The van der Waals surface area contributed by atoms with Crippen molar-refractivity contribution < 1.29 is 23.1 Å². The van der Waals surface area contributed by atoms with Gasteiger partial charge in [-0.3, -0.25) is 9.69 Å². The zero-order chi connectivity index (χ0) is 16.2. The number of hydrogen-bond donors (Lipinski definition) is 1. The van der Waals surface area contributed by atoms with Crippen LogP contribution in [0.1, 0.15) is 19.8 Å². The van der Waals surface area contributed by atoms with Gasteiger partial charge in [-0.25, -0.2) is 8.42 Å². The van der Waals surface area contributed by atoms with Gasteiger partial charge in [0.1, 0.15) is 5.75 Å². The molecule has 0 aromatic heterocycles. The van der Waals surface area contributed by atoms with Crippen LogP contribution in [0.4, 0.5) is 0 Å². The van der Waals surface area contributed by atoms with Gasteiger partial charge in [0.05, 0.1) is 18.0 Å². The zero-order valence-corrected chi connectivity index (χ0v) is 13.9. The standard InChI is InChI=1S/C14H26N2O5S/c1-12(17)9-15-4-6-16(7-5-15)14(18)11-22(19,20)10-13-3-2-8-21-13/h12-13,17H,2-11H2,1H3. The predicted molar refractivity (Wildman–Crippen MR) is 82.3 cm³/mol. The molecule has 0 aromatic carbocycles. The Morgan fingerprint density at radius 3 is 2.55 bits per heavy atom. The molecule has 2 unspecified atom stereocenters. The molecule has 0 radical (unpaired) electrons. The van der Waals surface area contributed by atoms with Crippen molar-refractivity contribution in [2.75, 3.05) is 50.8 Å². The second-order valence-corrected chi connectivity index (χ2v) is 8.33. The molecule has 0 aromatic rings. The fourth-order valence-corrected chi connectivity index (χ4v) is 4.46. The molecule has 0 spiro atoms. The molecule has 0 saturated carbocycles. The second-order valence-electron chi connectivity index (χ2n) is 6.22. The molecule has 1 amide bonds. The average Bonchev–Trinajstić information content (AvgIpc) is 2.90. The lowest BCUT2D eigenvalue weighted by molar-refractivity contribution is -0.130. The van der Waals surface area contributed by atoms with Gasteiger partial charge >= 0.3 is 0 Å². The molecule has 2 fully saturated rings. The maximum Gasteiger partial charge on any atom is 0.237 e. The Morgan fingerprint density at radius 1 is 1.32 bits per heavy atom. The maximum absolute atomic E-state index is 12.2. The number of rotatable bonds is 6. The summed E-state index contributed by atoms with van der Waals surface area (Å²) in [4.78, 5) is 15.8. The van der Waals surface area contributed by atoms with Crippen molar-refractivity contribution in [3.8, 4) is 0 Å². The molecule has 1 N–H and O–H groups in total. The molecule has 128 valence electrons. The van der Waals surface area contributed by atoms with Crippen LogP contribution < -0.4 is 0 Å². The number of hydrogen-bond acceptors (Lipinski definition) is 6. The van der Waals surface area contributed by atoms with Crippen LogP contribution in [-0.2, 0) is 19.4 Å². The van der Waals surface area contributed by atoms with E-state index >= 15 is 0 Å². The Balaban J connectivity index is 1.77. The van der Waals surface area contributed by atoms with E-state index < -0.39 is 21.7 Å². The maximum atomic E-state index is 12.2. The highest BCUT2D eigenvalue weighted by atomic mass is 32.2. The molecule has 2 aliphatic heterocycles. The van der Waals surface area contributed by atoms with Crippen molar-refractivity contribution in [1.82, 2.24) is 9.80 Å². The lowest BCUT2D eigenvalue weighted by Gasteiger charge is -2.35. The van der Waals surface area contributed by atoms with Gasteiger partial charge in [0.25, 0.3) is 0 Å². The van der Waals surface area contributed by atoms with Gasteiger partial charge < -0.3 is 14.7 Å². The van der Waals surface area contributed by atoms with E-state index in [4.69, 9.17) is 4.74 Å². The topological polar surface area (TPSA) is 87.2 Å². The molecule has 0 bridgehead atoms. The Labute approximate surface area is 132 Å². The van der Waals surface area contributed by atoms with Gasteiger partial charge in [0.15, 0.2) is 9.84 Å². The summed E-state index contributed by atoms with van der Waals surface area (Å²) in [5.74, 6) is -0.807. The minimum absolute atomic E-state index is 0.0548. The van der Waals surface area contributed by atoms with Gasteiger partial charge in [-0.05, 0) is 19.8 Å². The number of nitrogens with zero attached hydrogens (tertiary/aromatic N) is 2. The monoisotopic (exact) mass is 334 g/mol. The summed E-state index contributed by atoms with van der Waals surface area (Å²) < 4.78 is 29.5. The summed E-state index contributed by atoms with van der Waals surface area (Å²) in [5.41, 5.74) is 0. The number of carbonyl (C=O) groups is 1. The first-order valence-corrected chi connectivity index (χ1v) is 9.68. The number of amides is 1. The second kappa shape index (κ2) is 7.72. The third-order valence-electron chi connectivity index (χ3n) is 4.05. The van der Waals surface area contributed by atoms with Crippen molar-refractivity contribution in [2.24, 2.45) is 0 Å². The Bertz CT molecular complexity index is 466. The quantitative estimate of drug-likeness (QED) is 0.678. The van der Waals surface area contributed by atoms with Crippen LogP contribution in [0.2, 0.25) is 0 Å². The van der Waals surface area contributed by atoms with E-state index in [1.54, 1.807) is 11.8 Å². The fraction of sp³-hybridized carbons (Fsp3) is 0.929. The van der Waals surface area contributed by atoms with Crippen LogP contribution in [0.25, 0.3) is 0 Å². The van der Waals surface area contributed by atoms with Crippen molar-refractivity contribution in [2.45, 2.75) is 32.0 Å². The number of sulfone groups is 1. The molecular weight excluding hydrogens is 308 g/mol. The number of β-amino-alcohol motifs (C(OH)–C–C–N with tert-alkyl or cyclic N) is 1. The van der Waals surface area contributed by atoms with Crippen LogP contribution in [-0.4, -0.2) is 92.3 Å². The highest BCUT2D eigenvalue weighted by Gasteiger charge is 2.29. The minimum Gasteiger partial charge on any atom is -0.392 e. The zero-order valence-electron chi connectivity index (χ0n) is 13.1. The van der Waals surface area contributed by atoms with Crippen LogP contribution in [0.5, 0.6) is 0 Å². The summed E-state index contributed by atoms with van der Waals surface area (Å²) in [7, 11) is -3.42. The lowest BCUT2D eigenvalue weighted by Crippen LogP contribution is -2.51. The molecule has 22 heavy (non-hydrogen) atoms. The molecule has 2 rings (SSSR count). The van der Waals surface area contributed by atoms with E-state index in [1.165, 1.54) is 0 Å². The Morgan fingerprint density at radius 2 is 2.00 bits per heavy atom. The molecule has 7 nitrogen and oxygen atoms in total. The highest BCUT2D eigenvalue weighted by Crippen LogP contribution is 2.15. The molecule has 8 heteroatoms. The van der Waals surface area contributed by atoms with Crippen LogP contribution in [0.3, 0.4) is 0 Å². The van der Waals surface area contributed by atoms with Crippen molar-refractivity contribution >= 4 is 15.7 Å². The third kappa shape index (κ3) is 5.49. The number of aliphatic hydroxyl groups is 1. The van der Waals surface area contributed by atoms with Gasteiger partial charge in [-0.2, -0.15) is 0 Å². The van der Waals surface area contributed by atoms with Gasteiger partial charge in [-0.15, -0.1) is 0 Å². The molecule has 0 aliphatic carbocycles. The summed E-state index contributed by atoms with van der Waals surface area (Å²) >= 11 is 0. The Kier molecular flexibility index (Phi) is 6.19. The smallest absolute Gasteiger partial charge is 0.237 e. The molecule has 2 atom stereocenters. The first-order chi connectivity index (χ1) is 10.4. The lowest BCUT2D eigenvalue weighted by atomic mass is 10.3. The van der Waals surface area contributed by atoms with Gasteiger partial charge in [0, 0.05) is 39.3 Å². The minimum atomic E-state index is -3.42. The van der Waals surface area contributed by atoms with Crippen LogP contribution in [0.15, 0.2) is 0 Å². The number of carbonyl (C=O) groups excluding carboxylic acids is 1. The molecular formula is C14H26N2O5S. The third-order valence-corrected chi connectivity index (χ3v) is 5.62. The van der Waals surface area contributed by atoms with Crippen molar-refractivity contribution in [1.29, 1.82) is 0 Å². The van der Waals surface area contributed by atoms with Crippen LogP contribution in [0, 0.1) is 0 Å². The first-order valence-electron chi connectivity index (χ1n) is 7.86. The van der Waals surface area contributed by atoms with E-state index in [9.17, 15) is 18.3 Å². The average molecular weight is 334 g/mol. The van der Waals surface area contributed by atoms with Gasteiger partial charge in [0.2, 0.25) is 5.91 Å². The number of piperazine rings is 1. The normalized spacial score (nSPS) is 25.4. The molecule has 2 aliphatic rings. The van der Waals surface area contributed by atoms with E-state index in [-0.39, 0.29) is 17.8 Å². The predicted octanol–water partition coefficient (Wildman–Crippen LogP) is -0.895. The molecule has 2 saturated heterocycles. The van der Waals surface area contributed by atoms with Crippen molar-refractivity contribution in [3.05, 3.63) is 0 Å². The largest absolute Gasteiger partial charge is 0.392 e. The molecule has 2 heterocycles. The fourth-order valence-electron chi connectivity index (χ4n) is 2.95. The Hall–Kier alpha value is -0.700.